The molecule has 13 heteroatoms. The van der Waals surface area contributed by atoms with Crippen LogP contribution in [-0.2, 0) is 22.4 Å². The Bertz CT molecular complexity index is 1950. The molecule has 10 nitrogen and oxygen atoms in total. The highest BCUT2D eigenvalue weighted by molar-refractivity contribution is 6.35. The van der Waals surface area contributed by atoms with Gasteiger partial charge in [0.1, 0.15) is 28.1 Å². The molecule has 0 unspecified atom stereocenters. The Morgan fingerprint density at radius 3 is 2.31 bits per heavy atom. The van der Waals surface area contributed by atoms with Gasteiger partial charge in [0.2, 0.25) is 0 Å². The number of fused-ring (bicyclic) bond motifs is 3. The molecule has 1 amide bonds. The average Bonchev–Trinajstić information content (AvgIpc) is 3.69. The second-order valence-corrected chi connectivity index (χ2v) is 14.9. The Morgan fingerprint density at radius 1 is 0.963 bits per heavy atom. The zero-order valence-electron chi connectivity index (χ0n) is 29.9. The summed E-state index contributed by atoms with van der Waals surface area (Å²) in [6.45, 7) is 2.68. The molecular weight excluding hydrogens is 736 g/mol. The Morgan fingerprint density at radius 2 is 1.67 bits per heavy atom. The molecule has 1 aromatic heterocycles. The summed E-state index contributed by atoms with van der Waals surface area (Å²) in [7, 11) is 1.57. The Hall–Kier alpha value is -4.58. The van der Waals surface area contributed by atoms with Crippen LogP contribution in [0.5, 0.6) is 11.5 Å². The minimum atomic E-state index is -0.885. The number of rotatable bonds is 12. The molecule has 0 radical (unpaired) electrons. The number of ether oxygens (including phenoxy) is 4. The number of esters is 1. The van der Waals surface area contributed by atoms with Crippen molar-refractivity contribution in [3.8, 4) is 11.5 Å². The van der Waals surface area contributed by atoms with Crippen molar-refractivity contribution in [2.24, 2.45) is 5.92 Å². The van der Waals surface area contributed by atoms with Gasteiger partial charge >= 0.3 is 12.1 Å². The van der Waals surface area contributed by atoms with Crippen LogP contribution in [0.4, 0.5) is 14.9 Å². The number of anilines is 1. The van der Waals surface area contributed by atoms with Crippen LogP contribution in [0.1, 0.15) is 71.7 Å². The number of amides is 1. The summed E-state index contributed by atoms with van der Waals surface area (Å²) in [5, 5.41) is 12.3. The van der Waals surface area contributed by atoms with E-state index in [-0.39, 0.29) is 52.4 Å². The quantitative estimate of drug-likeness (QED) is 0.0802. The lowest BCUT2D eigenvalue weighted by Gasteiger charge is -2.44. The number of para-hydroxylation sites is 1. The average molecular weight is 779 g/mol. The molecule has 2 bridgehead atoms. The summed E-state index contributed by atoms with van der Waals surface area (Å²) >= 11 is 12.9. The fraction of sp³-hybridized carbons (Fsp3) is 0.390. The van der Waals surface area contributed by atoms with Gasteiger partial charge in [-0.15, -0.1) is 0 Å². The number of nitrogens with zero attached hydrogens (tertiary/aromatic N) is 3. The van der Waals surface area contributed by atoms with Crippen molar-refractivity contribution in [3.05, 3.63) is 122 Å². The Labute approximate surface area is 323 Å². The summed E-state index contributed by atoms with van der Waals surface area (Å²) in [4.78, 5) is 31.0. The lowest BCUT2D eigenvalue weighted by Crippen LogP contribution is -2.53. The highest BCUT2D eigenvalue weighted by atomic mass is 35.5. The van der Waals surface area contributed by atoms with Gasteiger partial charge in [-0.3, -0.25) is 9.80 Å². The number of hydrogen-bond acceptors (Lipinski definition) is 8. The molecule has 1 aliphatic carbocycles. The van der Waals surface area contributed by atoms with Crippen LogP contribution in [-0.4, -0.2) is 55.9 Å². The van der Waals surface area contributed by atoms with Crippen molar-refractivity contribution in [1.29, 1.82) is 0 Å². The number of piperidine rings is 3. The van der Waals surface area contributed by atoms with Gasteiger partial charge in [-0.1, -0.05) is 53.5 Å². The topological polar surface area (TPSA) is 104 Å². The van der Waals surface area contributed by atoms with E-state index in [2.05, 4.69) is 4.90 Å². The first kappa shape index (κ1) is 37.7. The molecule has 4 aliphatic rings. The van der Waals surface area contributed by atoms with Crippen molar-refractivity contribution in [3.63, 3.8) is 0 Å². The summed E-state index contributed by atoms with van der Waals surface area (Å²) in [5.74, 6) is 0.189. The molecule has 4 heterocycles. The maximum absolute atomic E-state index is 15.1. The minimum absolute atomic E-state index is 0.0131. The summed E-state index contributed by atoms with van der Waals surface area (Å²) in [6, 6.07) is 18.0. The van der Waals surface area contributed by atoms with E-state index < -0.39 is 24.0 Å². The normalized spacial score (nSPS) is 20.0. The Kier molecular flexibility index (Phi) is 11.8. The number of carbonyl (C=O) groups excluding carboxylic acids is 2. The van der Waals surface area contributed by atoms with Crippen LogP contribution >= 0.6 is 23.2 Å². The number of methoxy groups -OCH3 is 1. The van der Waals surface area contributed by atoms with E-state index in [9.17, 15) is 14.8 Å². The van der Waals surface area contributed by atoms with E-state index in [0.717, 1.165) is 51.6 Å². The van der Waals surface area contributed by atoms with Crippen molar-refractivity contribution >= 4 is 41.0 Å². The van der Waals surface area contributed by atoms with Gasteiger partial charge in [0, 0.05) is 18.5 Å². The molecule has 0 spiro atoms. The predicted octanol–water partition coefficient (Wildman–Crippen LogP) is 8.47. The van der Waals surface area contributed by atoms with Crippen molar-refractivity contribution in [2.45, 2.75) is 69.8 Å². The number of pyridine rings is 1. The highest BCUT2D eigenvalue weighted by Crippen LogP contribution is 2.38. The monoisotopic (exact) mass is 777 g/mol. The maximum Gasteiger partial charge on any atom is 0.415 e. The molecule has 3 aliphatic heterocycles. The third kappa shape index (κ3) is 8.69. The standard InChI is InChI=1S/C41H42Cl2FN3O7/c1-51-36-15-14-29(20-38(36)52-30-6-2-3-7-30)37(21-31-32(42)23-46(50)24-33(31)43)53-40(48)28-12-10-26(11-13-28)22-47(35-9-5-4-8-34(35)44)41(49)54-39-25-45-18-16-27(39)17-19-45/h4-5,8-15,20,23-24,27,30,37,39H,2-3,6-7,16-19,21-22,25H2,1H3/t37-,39+/m1/s1. The molecule has 1 saturated carbocycles. The third-order valence-electron chi connectivity index (χ3n) is 10.6. The van der Waals surface area contributed by atoms with Gasteiger partial charge in [-0.2, -0.15) is 4.73 Å². The van der Waals surface area contributed by atoms with Crippen LogP contribution < -0.4 is 19.1 Å². The maximum atomic E-state index is 15.1. The fourth-order valence-corrected chi connectivity index (χ4v) is 8.19. The first-order chi connectivity index (χ1) is 26.1. The van der Waals surface area contributed by atoms with E-state index >= 15 is 4.39 Å². The number of benzene rings is 3. The lowest BCUT2D eigenvalue weighted by molar-refractivity contribution is -0.605. The molecule has 4 fully saturated rings. The van der Waals surface area contributed by atoms with Crippen LogP contribution in [0, 0.1) is 16.9 Å². The van der Waals surface area contributed by atoms with E-state index in [1.165, 1.54) is 23.4 Å². The fourth-order valence-electron chi connectivity index (χ4n) is 7.59. The van der Waals surface area contributed by atoms with Gasteiger partial charge in [0.05, 0.1) is 31.0 Å². The smallest absolute Gasteiger partial charge is 0.415 e. The van der Waals surface area contributed by atoms with Gasteiger partial charge < -0.3 is 24.2 Å². The minimum Gasteiger partial charge on any atom is -0.619 e. The highest BCUT2D eigenvalue weighted by Gasteiger charge is 2.38. The van der Waals surface area contributed by atoms with Gasteiger partial charge in [-0.25, -0.2) is 14.0 Å². The van der Waals surface area contributed by atoms with Crippen LogP contribution in [0.2, 0.25) is 10.0 Å². The molecule has 4 aromatic rings. The zero-order chi connectivity index (χ0) is 37.8. The predicted molar refractivity (Wildman–Crippen MR) is 202 cm³/mol. The first-order valence-corrected chi connectivity index (χ1v) is 19.1. The zero-order valence-corrected chi connectivity index (χ0v) is 31.4. The van der Waals surface area contributed by atoms with Crippen LogP contribution in [0.15, 0.2) is 79.1 Å². The second kappa shape index (κ2) is 16.8. The van der Waals surface area contributed by atoms with Crippen LogP contribution in [0.3, 0.4) is 0 Å². The summed E-state index contributed by atoms with van der Waals surface area (Å²) < 4.78 is 39.7. The van der Waals surface area contributed by atoms with Crippen molar-refractivity contribution < 1.29 is 37.7 Å². The van der Waals surface area contributed by atoms with Gasteiger partial charge in [-0.05, 0) is 105 Å². The SMILES string of the molecule is COc1ccc([C@@H](Cc2c(Cl)c[n+]([O-])cc2Cl)OC(=O)c2ccc(CN(C(=O)O[C@H]3CN4CCC3CC4)c3ccccc3F)cc2)cc1OC1CCCC1. The van der Waals surface area contributed by atoms with E-state index in [1.807, 2.05) is 0 Å². The summed E-state index contributed by atoms with van der Waals surface area (Å²) in [6.07, 6.45) is 6.72. The molecule has 3 saturated heterocycles. The van der Waals surface area contributed by atoms with Gasteiger partial charge in [0.15, 0.2) is 23.9 Å². The molecule has 54 heavy (non-hydrogen) atoms. The lowest BCUT2D eigenvalue weighted by atomic mass is 9.86. The second-order valence-electron chi connectivity index (χ2n) is 14.1. The largest absolute Gasteiger partial charge is 0.619 e. The molecular formula is C41H42Cl2FN3O7. The van der Waals surface area contributed by atoms with E-state index in [1.54, 1.807) is 67.8 Å². The first-order valence-electron chi connectivity index (χ1n) is 18.3. The number of halogens is 3. The number of carbonyl (C=O) groups is 2. The molecule has 8 rings (SSSR count). The van der Waals surface area contributed by atoms with Crippen molar-refractivity contribution in [2.75, 3.05) is 31.6 Å². The van der Waals surface area contributed by atoms with E-state index in [0.29, 0.717) is 39.5 Å². The molecule has 0 N–H and O–H groups in total. The van der Waals surface area contributed by atoms with Gasteiger partial charge in [0.25, 0.3) is 0 Å². The molecule has 284 valence electrons. The summed E-state index contributed by atoms with van der Waals surface area (Å²) in [5.41, 5.74) is 2.05. The van der Waals surface area contributed by atoms with E-state index in [4.69, 9.17) is 42.1 Å². The van der Waals surface area contributed by atoms with Crippen LogP contribution in [0.25, 0.3) is 0 Å². The number of hydrogen-bond donors (Lipinski definition) is 0. The molecule has 3 aromatic carbocycles. The Balaban J connectivity index is 1.11. The van der Waals surface area contributed by atoms with Crippen molar-refractivity contribution in [1.82, 2.24) is 4.90 Å². The number of aromatic nitrogens is 1. The third-order valence-corrected chi connectivity index (χ3v) is 11.2. The molecule has 2 atom stereocenters.